The average Bonchev–Trinajstić information content (AvgIpc) is 3.24. The molecule has 0 radical (unpaired) electrons. The molecular weight excluding hydrogens is 391 g/mol. The van der Waals surface area contributed by atoms with Gasteiger partial charge in [-0.05, 0) is 32.0 Å². The van der Waals surface area contributed by atoms with Crippen LogP contribution in [-0.2, 0) is 16.0 Å². The van der Waals surface area contributed by atoms with Gasteiger partial charge < -0.3 is 4.74 Å². The number of esters is 1. The maximum atomic E-state index is 13.7. The van der Waals surface area contributed by atoms with E-state index in [9.17, 15) is 14.0 Å². The van der Waals surface area contributed by atoms with Crippen molar-refractivity contribution >= 4 is 34.7 Å². The van der Waals surface area contributed by atoms with Gasteiger partial charge in [0.1, 0.15) is 5.82 Å². The van der Waals surface area contributed by atoms with Crippen LogP contribution in [0, 0.1) is 19.7 Å². The summed E-state index contributed by atoms with van der Waals surface area (Å²) in [4.78, 5) is 28.7. The number of hydrogen-bond donors (Lipinski definition) is 0. The molecule has 0 unspecified atom stereocenters. The molecule has 140 valence electrons. The molecule has 0 aliphatic rings. The molecular formula is C19H16ClFN2O3S. The molecule has 2 aromatic heterocycles. The molecule has 0 saturated carbocycles. The molecule has 2 heterocycles. The summed E-state index contributed by atoms with van der Waals surface area (Å²) in [6.07, 6.45) is 1.35. The molecule has 5 nitrogen and oxygen atoms in total. The van der Waals surface area contributed by atoms with Crippen molar-refractivity contribution in [2.45, 2.75) is 20.3 Å². The highest BCUT2D eigenvalue weighted by atomic mass is 35.5. The second-order valence-corrected chi connectivity index (χ2v) is 7.18. The van der Waals surface area contributed by atoms with Crippen molar-refractivity contribution in [2.24, 2.45) is 0 Å². The van der Waals surface area contributed by atoms with Crippen molar-refractivity contribution in [1.29, 1.82) is 0 Å². The minimum absolute atomic E-state index is 0.0542. The molecule has 0 saturated heterocycles. The van der Waals surface area contributed by atoms with Crippen LogP contribution >= 0.6 is 22.9 Å². The molecule has 1 aromatic carbocycles. The summed E-state index contributed by atoms with van der Waals surface area (Å²) in [5.41, 5.74) is 2.09. The predicted molar refractivity (Wildman–Crippen MR) is 101 cm³/mol. The number of nitrogens with zero attached hydrogens (tertiary/aromatic N) is 2. The molecule has 0 aliphatic heterocycles. The van der Waals surface area contributed by atoms with Crippen LogP contribution in [0.15, 0.2) is 35.8 Å². The van der Waals surface area contributed by atoms with Gasteiger partial charge in [0.2, 0.25) is 5.78 Å². The van der Waals surface area contributed by atoms with Crippen LogP contribution in [0.1, 0.15) is 27.3 Å². The number of aromatic nitrogens is 2. The SMILES string of the molecule is Cc1cc(C(=O)COC(=O)Cc2c(F)cccc2Cl)c(C)n1-c1nccs1. The Morgan fingerprint density at radius 2 is 2.11 bits per heavy atom. The monoisotopic (exact) mass is 406 g/mol. The summed E-state index contributed by atoms with van der Waals surface area (Å²) >= 11 is 7.36. The van der Waals surface area contributed by atoms with E-state index >= 15 is 0 Å². The number of carbonyl (C=O) groups is 2. The fraction of sp³-hybridized carbons (Fsp3) is 0.211. The van der Waals surface area contributed by atoms with Crippen LogP contribution < -0.4 is 0 Å². The molecule has 0 spiro atoms. The maximum absolute atomic E-state index is 13.7. The van der Waals surface area contributed by atoms with Gasteiger partial charge in [0.15, 0.2) is 11.7 Å². The van der Waals surface area contributed by atoms with Crippen LogP contribution in [-0.4, -0.2) is 27.9 Å². The lowest BCUT2D eigenvalue weighted by molar-refractivity contribution is -0.141. The summed E-state index contributed by atoms with van der Waals surface area (Å²) in [6, 6.07) is 5.90. The first kappa shape index (κ1) is 19.3. The van der Waals surface area contributed by atoms with E-state index in [0.717, 1.165) is 16.5 Å². The number of ketones is 1. The molecule has 0 N–H and O–H groups in total. The van der Waals surface area contributed by atoms with Crippen molar-refractivity contribution in [3.8, 4) is 5.13 Å². The average molecular weight is 407 g/mol. The number of carbonyl (C=O) groups excluding carboxylic acids is 2. The second-order valence-electron chi connectivity index (χ2n) is 5.90. The number of thiazole rings is 1. The van der Waals surface area contributed by atoms with Gasteiger partial charge >= 0.3 is 5.97 Å². The zero-order chi connectivity index (χ0) is 19.6. The Balaban J connectivity index is 1.68. The number of aryl methyl sites for hydroxylation is 1. The topological polar surface area (TPSA) is 61.2 Å². The van der Waals surface area contributed by atoms with E-state index in [-0.39, 0.29) is 22.8 Å². The molecule has 0 atom stereocenters. The number of halogens is 2. The van der Waals surface area contributed by atoms with E-state index in [1.165, 1.54) is 29.5 Å². The van der Waals surface area contributed by atoms with Crippen molar-refractivity contribution in [3.63, 3.8) is 0 Å². The van der Waals surface area contributed by atoms with Crippen LogP contribution in [0.2, 0.25) is 5.02 Å². The van der Waals surface area contributed by atoms with Gasteiger partial charge in [0, 0.05) is 39.1 Å². The first-order valence-electron chi connectivity index (χ1n) is 8.09. The molecule has 0 amide bonds. The molecule has 0 fully saturated rings. The number of rotatable bonds is 6. The van der Waals surface area contributed by atoms with Crippen LogP contribution in [0.4, 0.5) is 4.39 Å². The standard InChI is InChI=1S/C19H16ClFN2O3S/c1-11-8-13(12(2)23(11)19-22-6-7-27-19)17(24)10-26-18(25)9-14-15(20)4-3-5-16(14)21/h3-8H,9-10H2,1-2H3. The van der Waals surface area contributed by atoms with Gasteiger partial charge in [-0.2, -0.15) is 0 Å². The van der Waals surface area contributed by atoms with E-state index in [2.05, 4.69) is 4.98 Å². The Hall–Kier alpha value is -2.51. The number of ether oxygens (including phenoxy) is 1. The summed E-state index contributed by atoms with van der Waals surface area (Å²) in [7, 11) is 0. The van der Waals surface area contributed by atoms with Gasteiger partial charge in [-0.25, -0.2) is 9.37 Å². The van der Waals surface area contributed by atoms with E-state index in [0.29, 0.717) is 5.56 Å². The van der Waals surface area contributed by atoms with Gasteiger partial charge in [-0.15, -0.1) is 11.3 Å². The van der Waals surface area contributed by atoms with E-state index in [4.69, 9.17) is 16.3 Å². The van der Waals surface area contributed by atoms with Gasteiger partial charge in [0.25, 0.3) is 0 Å². The lowest BCUT2D eigenvalue weighted by Crippen LogP contribution is -2.17. The van der Waals surface area contributed by atoms with Crippen molar-refractivity contribution in [2.75, 3.05) is 6.61 Å². The third-order valence-corrected chi connectivity index (χ3v) is 5.20. The van der Waals surface area contributed by atoms with Crippen LogP contribution in [0.5, 0.6) is 0 Å². The van der Waals surface area contributed by atoms with Crippen LogP contribution in [0.25, 0.3) is 5.13 Å². The van der Waals surface area contributed by atoms with Gasteiger partial charge in [-0.1, -0.05) is 17.7 Å². The summed E-state index contributed by atoms with van der Waals surface area (Å²) < 4.78 is 20.6. The highest BCUT2D eigenvalue weighted by Crippen LogP contribution is 2.23. The van der Waals surface area contributed by atoms with E-state index in [1.807, 2.05) is 23.8 Å². The Labute approximate surface area is 164 Å². The lowest BCUT2D eigenvalue weighted by atomic mass is 10.1. The third-order valence-electron chi connectivity index (χ3n) is 4.09. The normalized spacial score (nSPS) is 10.8. The molecule has 0 aliphatic carbocycles. The van der Waals surface area contributed by atoms with E-state index in [1.54, 1.807) is 12.3 Å². The minimum atomic E-state index is -0.718. The van der Waals surface area contributed by atoms with E-state index < -0.39 is 18.4 Å². The summed E-state index contributed by atoms with van der Waals surface area (Å²) in [5, 5.41) is 2.76. The van der Waals surface area contributed by atoms with Crippen molar-refractivity contribution in [1.82, 2.24) is 9.55 Å². The zero-order valence-electron chi connectivity index (χ0n) is 14.7. The summed E-state index contributed by atoms with van der Waals surface area (Å²) in [6.45, 7) is 3.26. The largest absolute Gasteiger partial charge is 0.457 e. The fourth-order valence-electron chi connectivity index (χ4n) is 2.79. The Morgan fingerprint density at radius 1 is 1.33 bits per heavy atom. The minimum Gasteiger partial charge on any atom is -0.457 e. The molecule has 27 heavy (non-hydrogen) atoms. The van der Waals surface area contributed by atoms with Gasteiger partial charge in [0.05, 0.1) is 6.42 Å². The van der Waals surface area contributed by atoms with Gasteiger partial charge in [-0.3, -0.25) is 14.2 Å². The van der Waals surface area contributed by atoms with Crippen molar-refractivity contribution in [3.05, 3.63) is 69.2 Å². The third kappa shape index (κ3) is 4.09. The van der Waals surface area contributed by atoms with Crippen molar-refractivity contribution < 1.29 is 18.7 Å². The number of hydrogen-bond acceptors (Lipinski definition) is 5. The quantitative estimate of drug-likeness (QED) is 0.452. The second kappa shape index (κ2) is 8.02. The molecule has 8 heteroatoms. The summed E-state index contributed by atoms with van der Waals surface area (Å²) in [5.74, 6) is -1.64. The first-order chi connectivity index (χ1) is 12.9. The Bertz CT molecular complexity index is 979. The predicted octanol–water partition coefficient (Wildman–Crippen LogP) is 4.31. The first-order valence-corrected chi connectivity index (χ1v) is 9.34. The zero-order valence-corrected chi connectivity index (χ0v) is 16.2. The molecule has 3 aromatic rings. The Kier molecular flexibility index (Phi) is 5.72. The van der Waals surface area contributed by atoms with Crippen LogP contribution in [0.3, 0.4) is 0 Å². The highest BCUT2D eigenvalue weighted by molar-refractivity contribution is 7.12. The fourth-order valence-corrected chi connectivity index (χ4v) is 3.77. The lowest BCUT2D eigenvalue weighted by Gasteiger charge is -2.07. The molecule has 0 bridgehead atoms. The molecule has 3 rings (SSSR count). The smallest absolute Gasteiger partial charge is 0.310 e. The number of Topliss-reactive ketones (excluding diaryl/α,β-unsaturated/α-hetero) is 1. The Morgan fingerprint density at radius 3 is 2.78 bits per heavy atom. The highest BCUT2D eigenvalue weighted by Gasteiger charge is 2.20. The maximum Gasteiger partial charge on any atom is 0.310 e. The number of benzene rings is 1.